The average molecular weight is 2000 g/mol. The van der Waals surface area contributed by atoms with Crippen LogP contribution in [0.3, 0.4) is 0 Å². The van der Waals surface area contributed by atoms with E-state index in [4.69, 9.17) is 75.8 Å². The highest BCUT2D eigenvalue weighted by Crippen LogP contribution is 2.46. The van der Waals surface area contributed by atoms with Crippen LogP contribution in [0.2, 0.25) is 0 Å². The number of ether oxygens (including phenoxy) is 16. The number of nitrogens with zero attached hydrogens (tertiary/aromatic N) is 4. The first-order chi connectivity index (χ1) is 72.1. The largest absolute Gasteiger partial charge is 0.452 e. The molecule has 5 saturated heterocycles. The highest BCUT2D eigenvalue weighted by Gasteiger charge is 2.66. The number of rotatable bonds is 20. The van der Waals surface area contributed by atoms with Crippen molar-refractivity contribution in [1.29, 1.82) is 0 Å². The summed E-state index contributed by atoms with van der Waals surface area (Å²) < 4.78 is 112. The highest BCUT2D eigenvalue weighted by molar-refractivity contribution is 6.24. The van der Waals surface area contributed by atoms with Crippen molar-refractivity contribution in [1.82, 2.24) is 19.6 Å². The van der Waals surface area contributed by atoms with E-state index >= 15 is 76.7 Å². The fraction of sp³-hybridized carbons (Fsp3) is 0.214. The summed E-state index contributed by atoms with van der Waals surface area (Å²) in [5.74, 6) is -18.7. The first-order valence-electron chi connectivity index (χ1n) is 47.2. The summed E-state index contributed by atoms with van der Waals surface area (Å²) in [6.07, 6.45) is -37.0. The fourth-order valence-electron chi connectivity index (χ4n) is 19.6. The van der Waals surface area contributed by atoms with Gasteiger partial charge in [-0.15, -0.1) is 0 Å². The third-order valence-corrected chi connectivity index (χ3v) is 26.7. The van der Waals surface area contributed by atoms with Crippen molar-refractivity contribution in [2.75, 3.05) is 26.4 Å². The highest BCUT2D eigenvalue weighted by atomic mass is 16.8. The van der Waals surface area contributed by atoms with Crippen molar-refractivity contribution in [3.63, 3.8) is 0 Å². The molecule has 0 unspecified atom stereocenters. The molecule has 0 N–H and O–H groups in total. The number of esters is 8. The molecule has 0 radical (unpaired) electrons. The number of imide groups is 4. The summed E-state index contributed by atoms with van der Waals surface area (Å²) in [7, 11) is 0. The van der Waals surface area contributed by atoms with E-state index in [2.05, 4.69) is 0 Å². The number of benzene rings is 12. The van der Waals surface area contributed by atoms with Gasteiger partial charge in [0, 0.05) is 0 Å². The third kappa shape index (κ3) is 18.7. The summed E-state index contributed by atoms with van der Waals surface area (Å²) in [5.41, 5.74) is -3.47. The van der Waals surface area contributed by atoms with Gasteiger partial charge in [-0.05, 0) is 146 Å². The minimum atomic E-state index is -2.44. The zero-order valence-electron chi connectivity index (χ0n) is 77.6. The van der Waals surface area contributed by atoms with E-state index in [1.54, 1.807) is 48.5 Å². The molecule has 20 atom stereocenters. The summed E-state index contributed by atoms with van der Waals surface area (Å²) in [5, 5.41) is 0. The predicted molar refractivity (Wildman–Crippen MR) is 507 cm³/mol. The smallest absolute Gasteiger partial charge is 0.338 e. The van der Waals surface area contributed by atoms with Crippen LogP contribution in [-0.4, -0.2) is 264 Å². The van der Waals surface area contributed by atoms with E-state index in [9.17, 15) is 0 Å². The molecule has 148 heavy (non-hydrogen) atoms. The van der Waals surface area contributed by atoms with Crippen LogP contribution in [0.5, 0.6) is 0 Å². The maximum absolute atomic E-state index is 16.0. The lowest BCUT2D eigenvalue weighted by Crippen LogP contribution is -2.71. The molecule has 9 heterocycles. The first kappa shape index (κ1) is 96.8. The number of fused-ring (bicyclic) bond motifs is 12. The second-order valence-electron chi connectivity index (χ2n) is 35.5. The maximum atomic E-state index is 16.0. The van der Waals surface area contributed by atoms with Gasteiger partial charge in [0.25, 0.3) is 47.3 Å². The molecule has 21 rings (SSSR count). The number of hydrogen-bond donors (Lipinski definition) is 0. The number of amides is 8. The number of carbonyl (C=O) groups excluding carboxylic acids is 16. The maximum Gasteiger partial charge on any atom is 0.338 e. The van der Waals surface area contributed by atoms with Crippen LogP contribution < -0.4 is 0 Å². The molecule has 0 aromatic heterocycles. The molecule has 5 fully saturated rings. The molecule has 36 heteroatoms. The standard InChI is InChI=1S/C112H84N4O32/c117-93-69-49-25-26-50-70(69)94(118)113(93)81-89(145-105(129)65-41-17-5-18-42-65)85(141-101(125)61-33-9-1-10-34-61)77-57-133-110-82(114-95(119)71-51-27-28-52-72(71)96(114)120)90(146-106(130)66-43-19-6-20-44-66)87(143-103(127)63-37-13-3-14-38-63)79(138-110)59-135-112-84(116-99(123)75-55-31-32-56-76(75)100(116)124)92(148-108(132)68-47-23-8-24-48-68)88(144-104(128)64-39-15-4-16-40-64)80(140-112)60-136-111-83(115-97(121)73-53-29-30-54-74(73)98(115)122)91(147-107(131)67-45-21-7-22-46-67)86(78(139-111)58-134-109(81)137-77)142-102(126)62-35-11-2-12-36-62/h1-56,77-92,109-112H,57-60H2/t77-,78-,79-,80-,81-,82-,83-,84-,85-,86-,87-,88-,89-,90-,91-,92-,109-,110-,111-,112+/m1/s1. The molecule has 12 aromatic rings. The van der Waals surface area contributed by atoms with Crippen molar-refractivity contribution in [2.24, 2.45) is 0 Å². The van der Waals surface area contributed by atoms with Gasteiger partial charge in [-0.25, -0.2) is 38.4 Å². The van der Waals surface area contributed by atoms with E-state index in [-0.39, 0.29) is 89.0 Å². The van der Waals surface area contributed by atoms with E-state index in [0.717, 1.165) is 0 Å². The predicted octanol–water partition coefficient (Wildman–Crippen LogP) is 11.4. The van der Waals surface area contributed by atoms with Gasteiger partial charge in [-0.3, -0.25) is 58.0 Å². The van der Waals surface area contributed by atoms with Gasteiger partial charge in [-0.2, -0.15) is 0 Å². The lowest BCUT2D eigenvalue weighted by Gasteiger charge is -2.51. The van der Waals surface area contributed by atoms with E-state index in [0.29, 0.717) is 19.6 Å². The quantitative estimate of drug-likeness (QED) is 0.0388. The van der Waals surface area contributed by atoms with Crippen LogP contribution in [0.1, 0.15) is 166 Å². The summed E-state index contributed by atoms with van der Waals surface area (Å²) >= 11 is 0. The van der Waals surface area contributed by atoms with E-state index in [1.807, 2.05) is 0 Å². The zero-order chi connectivity index (χ0) is 102. The van der Waals surface area contributed by atoms with Crippen molar-refractivity contribution in [2.45, 2.75) is 123 Å². The summed E-state index contributed by atoms with van der Waals surface area (Å²) in [4.78, 5) is 256. The molecule has 0 aliphatic carbocycles. The number of hydrogen-bond acceptors (Lipinski definition) is 32. The van der Waals surface area contributed by atoms with Crippen LogP contribution in [0.25, 0.3) is 0 Å². The van der Waals surface area contributed by atoms with E-state index < -0.39 is 244 Å². The van der Waals surface area contributed by atoms with Gasteiger partial charge in [0.2, 0.25) is 0 Å². The summed E-state index contributed by atoms with van der Waals surface area (Å²) in [6.45, 7) is -4.92. The first-order valence-corrected chi connectivity index (χ1v) is 47.2. The molecule has 8 amide bonds. The van der Waals surface area contributed by atoms with Gasteiger partial charge in [0.05, 0.1) is 115 Å². The lowest BCUT2D eigenvalue weighted by atomic mass is 9.92. The second-order valence-corrected chi connectivity index (χ2v) is 35.5. The Morgan fingerprint density at radius 3 is 0.432 bits per heavy atom. The molecule has 9 aliphatic heterocycles. The SMILES string of the molecule is O=C(O[C@H]1[C@H](OC(=O)c2ccccc2)[C@H]2CO[C@@H]3O[C@H](CO[C@H]4O[C@H](CO[C@@H]5O[C@H](CO[C@H](O2)[C@@H]1N1C(=O)c2ccccc2C1=O)[C@@H](OC(=O)c1ccccc1)[C@H](OC(=O)c1ccccc1)[C@H]5N1C(=O)c2ccccc2C1=O)[C@@H](OC(=O)c1ccccc1)[C@H](OC(=O)c1ccccc1)[C@H]4N1C(=O)c2ccccc2C1=O)[C@@H](OC(=O)c1ccccc1)[C@H](OC(=O)c1ccccc1)[C@H]3N1C(=O)c2ccccc2C1=O)c1ccccc1. The average Bonchev–Trinajstić information content (AvgIpc) is 1.57. The molecule has 9 aliphatic rings. The van der Waals surface area contributed by atoms with Crippen LogP contribution in [0.4, 0.5) is 0 Å². The number of carbonyl (C=O) groups is 16. The Balaban J connectivity index is 0.815. The van der Waals surface area contributed by atoms with Gasteiger partial charge in [0.15, 0.2) is 74.0 Å². The van der Waals surface area contributed by atoms with Gasteiger partial charge in [0.1, 0.15) is 48.6 Å². The second kappa shape index (κ2) is 41.8. The van der Waals surface area contributed by atoms with E-state index in [1.165, 1.54) is 291 Å². The molecule has 744 valence electrons. The van der Waals surface area contributed by atoms with Gasteiger partial charge >= 0.3 is 47.8 Å². The molecular weight excluding hydrogens is 1910 g/mol. The monoisotopic (exact) mass is 2000 g/mol. The molecule has 0 saturated carbocycles. The summed E-state index contributed by atoms with van der Waals surface area (Å²) in [6, 6.07) is 70.7. The Bertz CT molecular complexity index is 6210. The van der Waals surface area contributed by atoms with Gasteiger partial charge < -0.3 is 75.8 Å². The Hall–Kier alpha value is -17.4. The molecule has 0 spiro atoms. The van der Waals surface area contributed by atoms with Crippen LogP contribution in [0.15, 0.2) is 340 Å². The third-order valence-electron chi connectivity index (χ3n) is 26.7. The minimum absolute atomic E-state index is 0.185. The van der Waals surface area contributed by atoms with Gasteiger partial charge in [-0.1, -0.05) is 194 Å². The minimum Gasteiger partial charge on any atom is -0.452 e. The zero-order valence-corrected chi connectivity index (χ0v) is 77.6. The van der Waals surface area contributed by atoms with Crippen molar-refractivity contribution >= 4 is 95.0 Å². The van der Waals surface area contributed by atoms with Crippen molar-refractivity contribution in [3.05, 3.63) is 429 Å². The fourth-order valence-corrected chi connectivity index (χ4v) is 19.6. The Kier molecular flexibility index (Phi) is 27.3. The lowest BCUT2D eigenvalue weighted by molar-refractivity contribution is -0.338. The molecular formula is C112H84N4O32. The van der Waals surface area contributed by atoms with Crippen LogP contribution >= 0.6 is 0 Å². The topological polar surface area (TPSA) is 434 Å². The molecule has 12 aromatic carbocycles. The van der Waals surface area contributed by atoms with Crippen LogP contribution in [-0.2, 0) is 75.8 Å². The van der Waals surface area contributed by atoms with Crippen molar-refractivity contribution < 1.29 is 153 Å². The van der Waals surface area contributed by atoms with Crippen LogP contribution in [0, 0.1) is 0 Å². The van der Waals surface area contributed by atoms with Crippen molar-refractivity contribution in [3.8, 4) is 0 Å². The molecule has 36 nitrogen and oxygen atoms in total. The Morgan fingerprint density at radius 1 is 0.176 bits per heavy atom. The molecule has 8 bridgehead atoms. The normalized spacial score (nSPS) is 26.1. The Morgan fingerprint density at radius 2 is 0.297 bits per heavy atom. The Labute approximate surface area is 840 Å².